The van der Waals surface area contributed by atoms with Crippen LogP contribution in [0.4, 0.5) is 0 Å². The molecule has 64 valence electrons. The third kappa shape index (κ3) is 1.93. The summed E-state index contributed by atoms with van der Waals surface area (Å²) in [4.78, 5) is 9.33. The van der Waals surface area contributed by atoms with Gasteiger partial charge in [-0.25, -0.2) is 0 Å². The highest BCUT2D eigenvalue weighted by Gasteiger charge is 2.17. The molecule has 0 fully saturated rings. The average Bonchev–Trinajstić information content (AvgIpc) is 2.04. The maximum Gasteiger partial charge on any atom is 0.339 e. The van der Waals surface area contributed by atoms with E-state index in [0.29, 0.717) is 5.02 Å². The number of aliphatic hydroxyl groups is 1. The van der Waals surface area contributed by atoms with Crippen molar-refractivity contribution < 1.29 is 10.0 Å². The van der Waals surface area contributed by atoms with E-state index in [9.17, 15) is 10.1 Å². The summed E-state index contributed by atoms with van der Waals surface area (Å²) in [5, 5.41) is 19.5. The zero-order chi connectivity index (χ0) is 9.14. The maximum atomic E-state index is 10.1. The van der Waals surface area contributed by atoms with Crippen molar-refractivity contribution >= 4 is 11.6 Å². The molecular formula is C7H6ClNO3. The molecule has 1 aromatic carbocycles. The fourth-order valence-corrected chi connectivity index (χ4v) is 0.883. The second kappa shape index (κ2) is 3.51. The van der Waals surface area contributed by atoms with E-state index in [0.717, 1.165) is 0 Å². The van der Waals surface area contributed by atoms with Crippen LogP contribution in [0.3, 0.4) is 0 Å². The van der Waals surface area contributed by atoms with Gasteiger partial charge in [0.2, 0.25) is 0 Å². The molecule has 12 heavy (non-hydrogen) atoms. The first kappa shape index (κ1) is 8.96. The summed E-state index contributed by atoms with van der Waals surface area (Å²) in [5.74, 6) is 0. The Kier molecular flexibility index (Phi) is 2.62. The van der Waals surface area contributed by atoms with E-state index in [1.165, 1.54) is 24.3 Å². The van der Waals surface area contributed by atoms with Crippen molar-refractivity contribution in [3.63, 3.8) is 0 Å². The van der Waals surface area contributed by atoms with Gasteiger partial charge in [-0.3, -0.25) is 10.1 Å². The van der Waals surface area contributed by atoms with Gasteiger partial charge in [0.1, 0.15) is 0 Å². The van der Waals surface area contributed by atoms with Crippen molar-refractivity contribution in [3.8, 4) is 0 Å². The van der Waals surface area contributed by atoms with Crippen LogP contribution in [0.1, 0.15) is 11.8 Å². The van der Waals surface area contributed by atoms with E-state index in [2.05, 4.69) is 0 Å². The molecule has 0 heterocycles. The number of aliphatic hydroxyl groups excluding tert-OH is 1. The molecule has 1 atom stereocenters. The zero-order valence-corrected chi connectivity index (χ0v) is 6.73. The minimum absolute atomic E-state index is 0.226. The third-order valence-electron chi connectivity index (χ3n) is 1.37. The minimum atomic E-state index is -1.66. The monoisotopic (exact) mass is 187 g/mol. The van der Waals surface area contributed by atoms with Crippen molar-refractivity contribution in [3.05, 3.63) is 45.0 Å². The second-order valence-electron chi connectivity index (χ2n) is 2.21. The van der Waals surface area contributed by atoms with Gasteiger partial charge < -0.3 is 5.11 Å². The normalized spacial score (nSPS) is 12.5. The van der Waals surface area contributed by atoms with Crippen molar-refractivity contribution in [1.82, 2.24) is 0 Å². The van der Waals surface area contributed by atoms with Crippen LogP contribution >= 0.6 is 11.6 Å². The van der Waals surface area contributed by atoms with Crippen LogP contribution in [0.15, 0.2) is 24.3 Å². The van der Waals surface area contributed by atoms with Gasteiger partial charge in [-0.05, 0) is 24.3 Å². The number of nitrogens with zero attached hydrogens (tertiary/aromatic N) is 1. The zero-order valence-electron chi connectivity index (χ0n) is 5.98. The molecule has 1 unspecified atom stereocenters. The van der Waals surface area contributed by atoms with E-state index in [-0.39, 0.29) is 5.56 Å². The number of benzene rings is 1. The van der Waals surface area contributed by atoms with Crippen LogP contribution in [0.5, 0.6) is 0 Å². The standard InChI is InChI=1S/C7H6ClNO3/c8-6-3-1-5(2-4-6)7(10)9(11)12/h1-4,7,10H. The lowest BCUT2D eigenvalue weighted by atomic mass is 10.2. The summed E-state index contributed by atoms with van der Waals surface area (Å²) in [6.45, 7) is 0. The molecule has 0 aliphatic heterocycles. The molecule has 0 spiro atoms. The largest absolute Gasteiger partial charge is 0.339 e. The minimum Gasteiger partial charge on any atom is -0.329 e. The molecular weight excluding hydrogens is 182 g/mol. The highest BCUT2D eigenvalue weighted by molar-refractivity contribution is 6.30. The summed E-state index contributed by atoms with van der Waals surface area (Å²) in [5.41, 5.74) is 0.226. The molecule has 0 aliphatic rings. The third-order valence-corrected chi connectivity index (χ3v) is 1.62. The molecule has 0 aliphatic carbocycles. The predicted molar refractivity (Wildman–Crippen MR) is 43.4 cm³/mol. The Hall–Kier alpha value is -1.13. The van der Waals surface area contributed by atoms with E-state index < -0.39 is 11.2 Å². The summed E-state index contributed by atoms with van der Waals surface area (Å²) in [6, 6.07) is 5.80. The van der Waals surface area contributed by atoms with Crippen molar-refractivity contribution in [2.45, 2.75) is 6.23 Å². The SMILES string of the molecule is O=[N+]([O-])C(O)c1ccc(Cl)cc1. The number of halogens is 1. The van der Waals surface area contributed by atoms with E-state index >= 15 is 0 Å². The van der Waals surface area contributed by atoms with Gasteiger partial charge in [-0.15, -0.1) is 0 Å². The van der Waals surface area contributed by atoms with Crippen LogP contribution in [0.25, 0.3) is 0 Å². The Morgan fingerprint density at radius 1 is 1.42 bits per heavy atom. The van der Waals surface area contributed by atoms with Crippen LogP contribution in [-0.2, 0) is 0 Å². The Balaban J connectivity index is 2.89. The fraction of sp³-hybridized carbons (Fsp3) is 0.143. The first-order chi connectivity index (χ1) is 5.61. The summed E-state index contributed by atoms with van der Waals surface area (Å²) >= 11 is 5.54. The topological polar surface area (TPSA) is 63.4 Å². The maximum absolute atomic E-state index is 10.1. The molecule has 1 rings (SSSR count). The summed E-state index contributed by atoms with van der Waals surface area (Å²) in [6.07, 6.45) is -1.66. The van der Waals surface area contributed by atoms with Crippen LogP contribution in [0.2, 0.25) is 5.02 Å². The second-order valence-corrected chi connectivity index (χ2v) is 2.65. The predicted octanol–water partition coefficient (Wildman–Crippen LogP) is 1.61. The Labute approximate surface area is 73.5 Å². The highest BCUT2D eigenvalue weighted by Crippen LogP contribution is 2.16. The number of rotatable bonds is 2. The first-order valence-corrected chi connectivity index (χ1v) is 3.56. The summed E-state index contributed by atoms with van der Waals surface area (Å²) in [7, 11) is 0. The van der Waals surface area contributed by atoms with Crippen molar-refractivity contribution in [1.29, 1.82) is 0 Å². The van der Waals surface area contributed by atoms with E-state index in [1.807, 2.05) is 0 Å². The Morgan fingerprint density at radius 3 is 2.33 bits per heavy atom. The molecule has 0 bridgehead atoms. The highest BCUT2D eigenvalue weighted by atomic mass is 35.5. The molecule has 1 aromatic rings. The lowest BCUT2D eigenvalue weighted by molar-refractivity contribution is -0.578. The molecule has 1 N–H and O–H groups in total. The molecule has 4 nitrogen and oxygen atoms in total. The number of hydrogen-bond acceptors (Lipinski definition) is 3. The quantitative estimate of drug-likeness (QED) is 0.435. The molecule has 0 aromatic heterocycles. The molecule has 0 saturated carbocycles. The lowest BCUT2D eigenvalue weighted by Gasteiger charge is -2.01. The van der Waals surface area contributed by atoms with Crippen LogP contribution < -0.4 is 0 Å². The lowest BCUT2D eigenvalue weighted by Crippen LogP contribution is -2.08. The number of nitro groups is 1. The van der Waals surface area contributed by atoms with Crippen LogP contribution in [0, 0.1) is 10.1 Å². The first-order valence-electron chi connectivity index (χ1n) is 3.18. The smallest absolute Gasteiger partial charge is 0.329 e. The fourth-order valence-electron chi connectivity index (χ4n) is 0.757. The molecule has 0 amide bonds. The van der Waals surface area contributed by atoms with E-state index in [4.69, 9.17) is 16.7 Å². The Morgan fingerprint density at radius 2 is 1.92 bits per heavy atom. The van der Waals surface area contributed by atoms with Gasteiger partial charge in [-0.2, -0.15) is 0 Å². The molecule has 5 heteroatoms. The van der Waals surface area contributed by atoms with Gasteiger partial charge in [0.15, 0.2) is 0 Å². The molecule has 0 saturated heterocycles. The van der Waals surface area contributed by atoms with Crippen molar-refractivity contribution in [2.75, 3.05) is 0 Å². The van der Waals surface area contributed by atoms with Gasteiger partial charge in [0.05, 0.1) is 10.5 Å². The summed E-state index contributed by atoms with van der Waals surface area (Å²) < 4.78 is 0. The van der Waals surface area contributed by atoms with Gasteiger partial charge in [0, 0.05) is 5.02 Å². The average molecular weight is 188 g/mol. The number of hydrogen-bond donors (Lipinski definition) is 1. The van der Waals surface area contributed by atoms with Gasteiger partial charge in [-0.1, -0.05) is 11.6 Å². The Bertz CT molecular complexity index is 285. The van der Waals surface area contributed by atoms with Gasteiger partial charge in [0.25, 0.3) is 0 Å². The molecule has 0 radical (unpaired) electrons. The van der Waals surface area contributed by atoms with Crippen molar-refractivity contribution in [2.24, 2.45) is 0 Å². The van der Waals surface area contributed by atoms with Gasteiger partial charge >= 0.3 is 6.23 Å². The van der Waals surface area contributed by atoms with E-state index in [1.54, 1.807) is 0 Å². The van der Waals surface area contributed by atoms with Crippen LogP contribution in [-0.4, -0.2) is 10.0 Å².